The summed E-state index contributed by atoms with van der Waals surface area (Å²) in [6.07, 6.45) is 1.33. The Labute approximate surface area is 118 Å². The minimum atomic E-state index is -1.13. The van der Waals surface area contributed by atoms with Crippen LogP contribution in [0.25, 0.3) is 0 Å². The van der Waals surface area contributed by atoms with Crippen molar-refractivity contribution in [3.8, 4) is 0 Å². The molecule has 20 heavy (non-hydrogen) atoms. The fourth-order valence-corrected chi connectivity index (χ4v) is 1.68. The van der Waals surface area contributed by atoms with Gasteiger partial charge in [-0.15, -0.1) is 0 Å². The van der Waals surface area contributed by atoms with E-state index in [1.54, 1.807) is 0 Å². The minimum Gasteiger partial charge on any atom is -0.478 e. The van der Waals surface area contributed by atoms with Crippen LogP contribution in [0.4, 0.5) is 10.5 Å². The van der Waals surface area contributed by atoms with Gasteiger partial charge in [0.1, 0.15) is 12.2 Å². The van der Waals surface area contributed by atoms with E-state index in [2.05, 4.69) is 25.8 Å². The summed E-state index contributed by atoms with van der Waals surface area (Å²) < 4.78 is 0. The number of aromatic amines is 1. The molecule has 1 heterocycles. The van der Waals surface area contributed by atoms with Crippen LogP contribution in [0.15, 0.2) is 24.5 Å². The number of halogens is 1. The lowest BCUT2D eigenvalue weighted by Crippen LogP contribution is -2.28. The van der Waals surface area contributed by atoms with Gasteiger partial charge in [-0.25, -0.2) is 14.6 Å². The number of anilines is 1. The second-order valence-corrected chi connectivity index (χ2v) is 4.15. The first-order valence-electron chi connectivity index (χ1n) is 5.48. The van der Waals surface area contributed by atoms with E-state index in [-0.39, 0.29) is 17.1 Å². The minimum absolute atomic E-state index is 0.0284. The number of urea groups is 1. The summed E-state index contributed by atoms with van der Waals surface area (Å²) in [6, 6.07) is 3.65. The number of carbonyl (C=O) groups excluding carboxylic acids is 1. The average Bonchev–Trinajstić information content (AvgIpc) is 2.89. The SMILES string of the molecule is O=C(NCc1ncn[nH]1)Nc1ccc(C(=O)O)c(Cl)c1. The van der Waals surface area contributed by atoms with Gasteiger partial charge < -0.3 is 15.7 Å². The summed E-state index contributed by atoms with van der Waals surface area (Å²) in [5.74, 6) is -0.615. The maximum atomic E-state index is 11.6. The van der Waals surface area contributed by atoms with Crippen LogP contribution in [0.2, 0.25) is 5.02 Å². The highest BCUT2D eigenvalue weighted by Gasteiger charge is 2.10. The van der Waals surface area contributed by atoms with Gasteiger partial charge in [0, 0.05) is 5.69 Å². The first kappa shape index (κ1) is 13.8. The fourth-order valence-electron chi connectivity index (χ4n) is 1.42. The van der Waals surface area contributed by atoms with Crippen LogP contribution in [-0.4, -0.2) is 32.3 Å². The number of carbonyl (C=O) groups is 2. The van der Waals surface area contributed by atoms with Crippen molar-refractivity contribution in [1.82, 2.24) is 20.5 Å². The molecule has 9 heteroatoms. The Morgan fingerprint density at radius 3 is 2.80 bits per heavy atom. The number of hydrogen-bond acceptors (Lipinski definition) is 4. The molecule has 4 N–H and O–H groups in total. The largest absolute Gasteiger partial charge is 0.478 e. The standard InChI is InChI=1S/C11H10ClN5O3/c12-8-3-6(1-2-7(8)10(18)19)16-11(20)13-4-9-14-5-15-17-9/h1-3,5H,4H2,(H,18,19)(H2,13,16,20)(H,14,15,17). The number of aromatic carboxylic acids is 1. The predicted molar refractivity (Wildman–Crippen MR) is 70.7 cm³/mol. The van der Waals surface area contributed by atoms with Crippen LogP contribution in [-0.2, 0) is 6.54 Å². The van der Waals surface area contributed by atoms with Crippen molar-refractivity contribution in [3.63, 3.8) is 0 Å². The van der Waals surface area contributed by atoms with E-state index < -0.39 is 12.0 Å². The predicted octanol–water partition coefficient (Wildman–Crippen LogP) is 1.48. The Balaban J connectivity index is 1.94. The summed E-state index contributed by atoms with van der Waals surface area (Å²) in [6.45, 7) is 0.187. The van der Waals surface area contributed by atoms with Crippen molar-refractivity contribution < 1.29 is 14.7 Å². The molecular weight excluding hydrogens is 286 g/mol. The maximum Gasteiger partial charge on any atom is 0.337 e. The van der Waals surface area contributed by atoms with Crippen LogP contribution >= 0.6 is 11.6 Å². The van der Waals surface area contributed by atoms with Crippen molar-refractivity contribution in [2.45, 2.75) is 6.54 Å². The van der Waals surface area contributed by atoms with Crippen molar-refractivity contribution in [2.75, 3.05) is 5.32 Å². The van der Waals surface area contributed by atoms with E-state index in [4.69, 9.17) is 16.7 Å². The Kier molecular flexibility index (Phi) is 4.16. The monoisotopic (exact) mass is 295 g/mol. The molecular formula is C11H10ClN5O3. The molecule has 8 nitrogen and oxygen atoms in total. The Morgan fingerprint density at radius 1 is 1.40 bits per heavy atom. The summed E-state index contributed by atoms with van der Waals surface area (Å²) in [5.41, 5.74) is 0.356. The first-order valence-corrected chi connectivity index (χ1v) is 5.86. The number of benzene rings is 1. The molecule has 104 valence electrons. The lowest BCUT2D eigenvalue weighted by atomic mass is 10.2. The van der Waals surface area contributed by atoms with E-state index >= 15 is 0 Å². The summed E-state index contributed by atoms with van der Waals surface area (Å²) in [5, 5.41) is 20.2. The van der Waals surface area contributed by atoms with Gasteiger partial charge in [-0.05, 0) is 18.2 Å². The van der Waals surface area contributed by atoms with E-state index in [0.717, 1.165) is 0 Å². The van der Waals surface area contributed by atoms with Crippen LogP contribution in [0, 0.1) is 0 Å². The third-order valence-corrected chi connectivity index (χ3v) is 2.65. The first-order chi connectivity index (χ1) is 9.56. The number of rotatable bonds is 4. The average molecular weight is 296 g/mol. The summed E-state index contributed by atoms with van der Waals surface area (Å²) in [7, 11) is 0. The highest BCUT2D eigenvalue weighted by molar-refractivity contribution is 6.33. The highest BCUT2D eigenvalue weighted by Crippen LogP contribution is 2.20. The molecule has 0 fully saturated rings. The summed E-state index contributed by atoms with van der Waals surface area (Å²) in [4.78, 5) is 26.2. The molecule has 2 amide bonds. The molecule has 0 bridgehead atoms. The number of hydrogen-bond donors (Lipinski definition) is 4. The van der Waals surface area contributed by atoms with Crippen LogP contribution in [0.3, 0.4) is 0 Å². The van der Waals surface area contributed by atoms with Gasteiger partial charge in [-0.2, -0.15) is 5.10 Å². The lowest BCUT2D eigenvalue weighted by molar-refractivity contribution is 0.0697. The second-order valence-electron chi connectivity index (χ2n) is 3.74. The molecule has 0 saturated heterocycles. The van der Waals surface area contributed by atoms with Gasteiger partial charge >= 0.3 is 12.0 Å². The zero-order valence-corrected chi connectivity index (χ0v) is 10.8. The van der Waals surface area contributed by atoms with Gasteiger partial charge in [0.2, 0.25) is 0 Å². The topological polar surface area (TPSA) is 120 Å². The van der Waals surface area contributed by atoms with Crippen molar-refractivity contribution in [3.05, 3.63) is 40.9 Å². The van der Waals surface area contributed by atoms with Gasteiger partial charge in [0.15, 0.2) is 0 Å². The Hall–Kier alpha value is -2.61. The number of carboxylic acids is 1. The molecule has 0 radical (unpaired) electrons. The smallest absolute Gasteiger partial charge is 0.337 e. The van der Waals surface area contributed by atoms with Gasteiger partial charge in [-0.1, -0.05) is 11.6 Å². The molecule has 0 saturated carbocycles. The van der Waals surface area contributed by atoms with E-state index in [1.807, 2.05) is 0 Å². The molecule has 2 aromatic rings. The number of H-pyrrole nitrogens is 1. The molecule has 2 rings (SSSR count). The molecule has 0 aliphatic carbocycles. The highest BCUT2D eigenvalue weighted by atomic mass is 35.5. The third kappa shape index (κ3) is 3.45. The van der Waals surface area contributed by atoms with Gasteiger partial charge in [0.05, 0.1) is 17.1 Å². The van der Waals surface area contributed by atoms with Crippen molar-refractivity contribution >= 4 is 29.3 Å². The zero-order valence-electron chi connectivity index (χ0n) is 10.1. The molecule has 1 aromatic heterocycles. The fraction of sp³-hybridized carbons (Fsp3) is 0.0909. The number of aromatic nitrogens is 3. The lowest BCUT2D eigenvalue weighted by Gasteiger charge is -2.07. The molecule has 1 aromatic carbocycles. The van der Waals surface area contributed by atoms with E-state index in [0.29, 0.717) is 11.5 Å². The van der Waals surface area contributed by atoms with Gasteiger partial charge in [-0.3, -0.25) is 5.10 Å². The number of nitrogens with one attached hydrogen (secondary N) is 3. The van der Waals surface area contributed by atoms with Crippen molar-refractivity contribution in [1.29, 1.82) is 0 Å². The number of amides is 2. The number of nitrogens with zero attached hydrogens (tertiary/aromatic N) is 2. The van der Waals surface area contributed by atoms with Gasteiger partial charge in [0.25, 0.3) is 0 Å². The van der Waals surface area contributed by atoms with Crippen LogP contribution < -0.4 is 10.6 Å². The molecule has 0 unspecified atom stereocenters. The Bertz CT molecular complexity index is 629. The summed E-state index contributed by atoms with van der Waals surface area (Å²) >= 11 is 5.79. The molecule has 0 spiro atoms. The Morgan fingerprint density at radius 2 is 2.20 bits per heavy atom. The third-order valence-electron chi connectivity index (χ3n) is 2.34. The quantitative estimate of drug-likeness (QED) is 0.681. The van der Waals surface area contributed by atoms with Crippen LogP contribution in [0.1, 0.15) is 16.2 Å². The zero-order chi connectivity index (χ0) is 14.5. The molecule has 0 aliphatic rings. The van der Waals surface area contributed by atoms with E-state index in [1.165, 1.54) is 24.5 Å². The van der Waals surface area contributed by atoms with Crippen molar-refractivity contribution in [2.24, 2.45) is 0 Å². The van der Waals surface area contributed by atoms with E-state index in [9.17, 15) is 9.59 Å². The molecule has 0 atom stereocenters. The van der Waals surface area contributed by atoms with Crippen LogP contribution in [0.5, 0.6) is 0 Å². The normalized spacial score (nSPS) is 10.1. The second kappa shape index (κ2) is 6.02. The molecule has 0 aliphatic heterocycles. The number of carboxylic acid groups (broad SMARTS) is 1. The maximum absolute atomic E-state index is 11.6.